The highest BCUT2D eigenvalue weighted by atomic mass is 32.1. The Balaban J connectivity index is 1.13. The second-order valence-corrected chi connectivity index (χ2v) is 15.9. The minimum atomic E-state index is 1.10. The molecular weight excluding hydrogens is 719 g/mol. The third-order valence-electron chi connectivity index (χ3n) is 11.5. The summed E-state index contributed by atoms with van der Waals surface area (Å²) in [4.78, 5) is 2.46. The first-order chi connectivity index (χ1) is 28.8. The molecule has 1 aromatic heterocycles. The van der Waals surface area contributed by atoms with Gasteiger partial charge in [-0.05, 0) is 109 Å². The lowest BCUT2D eigenvalue weighted by atomic mass is 9.87. The Morgan fingerprint density at radius 1 is 0.293 bits per heavy atom. The molecule has 272 valence electrons. The van der Waals surface area contributed by atoms with Gasteiger partial charge in [-0.15, -0.1) is 11.3 Å². The minimum Gasteiger partial charge on any atom is -0.310 e. The van der Waals surface area contributed by atoms with Crippen LogP contribution in [-0.2, 0) is 0 Å². The summed E-state index contributed by atoms with van der Waals surface area (Å²) >= 11 is 1.86. The third-order valence-corrected chi connectivity index (χ3v) is 12.6. The zero-order valence-corrected chi connectivity index (χ0v) is 32.5. The van der Waals surface area contributed by atoms with Gasteiger partial charge in [-0.3, -0.25) is 0 Å². The number of benzene rings is 10. The highest BCUT2D eigenvalue weighted by molar-refractivity contribution is 7.25. The molecular formula is C56H37NS. The average molecular weight is 756 g/mol. The minimum absolute atomic E-state index is 1.10. The molecule has 11 rings (SSSR count). The van der Waals surface area contributed by atoms with E-state index < -0.39 is 0 Å². The Morgan fingerprint density at radius 2 is 0.879 bits per heavy atom. The highest BCUT2D eigenvalue weighted by Gasteiger charge is 2.23. The molecule has 10 aromatic carbocycles. The smallest absolute Gasteiger partial charge is 0.0546 e. The molecule has 0 atom stereocenters. The van der Waals surface area contributed by atoms with Crippen LogP contribution in [0.4, 0.5) is 17.1 Å². The summed E-state index contributed by atoms with van der Waals surface area (Å²) in [6.07, 6.45) is 0. The third kappa shape index (κ3) is 5.94. The molecule has 0 N–H and O–H groups in total. The molecule has 0 aliphatic rings. The lowest BCUT2D eigenvalue weighted by Gasteiger charge is -2.30. The number of thiophene rings is 1. The largest absolute Gasteiger partial charge is 0.310 e. The van der Waals surface area contributed by atoms with E-state index in [0.717, 1.165) is 17.1 Å². The van der Waals surface area contributed by atoms with E-state index in [1.54, 1.807) is 0 Å². The van der Waals surface area contributed by atoms with Gasteiger partial charge in [-0.2, -0.15) is 0 Å². The Bertz CT molecular complexity index is 3270. The van der Waals surface area contributed by atoms with Gasteiger partial charge in [0.15, 0.2) is 0 Å². The fourth-order valence-electron chi connectivity index (χ4n) is 8.71. The molecule has 0 amide bonds. The molecule has 0 aliphatic carbocycles. The van der Waals surface area contributed by atoms with Crippen LogP contribution in [0.5, 0.6) is 0 Å². The van der Waals surface area contributed by atoms with Crippen LogP contribution in [0, 0.1) is 0 Å². The van der Waals surface area contributed by atoms with E-state index in [1.165, 1.54) is 86.2 Å². The molecule has 0 saturated carbocycles. The molecule has 11 aromatic rings. The standard InChI is InChI=1S/C56H37NS/c1-3-14-39(15-4-1)47-20-9-10-22-51(47)56-49(40-16-5-2-6-17-40)23-13-24-53(56)57(45-33-35-55-52(37-45)50-21-11-12-25-54(50)58-55)44-31-28-38(29-32-44)42-30-34-48-43(36-42)27-26-41-18-7-8-19-46(41)48/h1-37H. The summed E-state index contributed by atoms with van der Waals surface area (Å²) < 4.78 is 2.59. The predicted octanol–water partition coefficient (Wildman–Crippen LogP) is 16.5. The molecule has 0 spiro atoms. The molecule has 2 heteroatoms. The molecule has 1 heterocycles. The summed E-state index contributed by atoms with van der Waals surface area (Å²) in [6.45, 7) is 0. The zero-order chi connectivity index (χ0) is 38.4. The molecule has 1 nitrogen and oxygen atoms in total. The summed E-state index contributed by atoms with van der Waals surface area (Å²) in [5, 5.41) is 7.64. The maximum atomic E-state index is 2.46. The maximum absolute atomic E-state index is 2.46. The van der Waals surface area contributed by atoms with Crippen LogP contribution in [0.2, 0.25) is 0 Å². The Labute approximate surface area is 342 Å². The normalized spacial score (nSPS) is 11.4. The zero-order valence-electron chi connectivity index (χ0n) is 31.7. The van der Waals surface area contributed by atoms with E-state index in [0.29, 0.717) is 0 Å². The van der Waals surface area contributed by atoms with Gasteiger partial charge in [0, 0.05) is 37.1 Å². The van der Waals surface area contributed by atoms with Crippen LogP contribution in [0.3, 0.4) is 0 Å². The van der Waals surface area contributed by atoms with E-state index in [9.17, 15) is 0 Å². The van der Waals surface area contributed by atoms with Crippen molar-refractivity contribution in [2.75, 3.05) is 4.90 Å². The summed E-state index contributed by atoms with van der Waals surface area (Å²) in [5.74, 6) is 0. The van der Waals surface area contributed by atoms with Crippen molar-refractivity contribution in [3.8, 4) is 44.5 Å². The van der Waals surface area contributed by atoms with Gasteiger partial charge in [0.25, 0.3) is 0 Å². The Kier molecular flexibility index (Phi) is 8.42. The molecule has 58 heavy (non-hydrogen) atoms. The predicted molar refractivity (Wildman–Crippen MR) is 251 cm³/mol. The highest BCUT2D eigenvalue weighted by Crippen LogP contribution is 2.49. The van der Waals surface area contributed by atoms with Crippen LogP contribution in [0.25, 0.3) is 86.2 Å². The molecule has 0 unspecified atom stereocenters. The first-order valence-corrected chi connectivity index (χ1v) is 20.7. The summed E-state index contributed by atoms with van der Waals surface area (Å²) in [6, 6.07) is 82.1. The van der Waals surface area contributed by atoms with E-state index in [-0.39, 0.29) is 0 Å². The average Bonchev–Trinajstić information content (AvgIpc) is 3.68. The van der Waals surface area contributed by atoms with Crippen molar-refractivity contribution in [1.29, 1.82) is 0 Å². The van der Waals surface area contributed by atoms with Crippen molar-refractivity contribution in [1.82, 2.24) is 0 Å². The summed E-state index contributed by atoms with van der Waals surface area (Å²) in [5.41, 5.74) is 12.9. The van der Waals surface area contributed by atoms with Gasteiger partial charge < -0.3 is 4.90 Å². The van der Waals surface area contributed by atoms with Gasteiger partial charge in [0.2, 0.25) is 0 Å². The van der Waals surface area contributed by atoms with Crippen LogP contribution in [-0.4, -0.2) is 0 Å². The van der Waals surface area contributed by atoms with Crippen LogP contribution in [0.15, 0.2) is 224 Å². The Hall–Kier alpha value is -7.26. The van der Waals surface area contributed by atoms with Gasteiger partial charge in [0.1, 0.15) is 0 Å². The topological polar surface area (TPSA) is 3.24 Å². The monoisotopic (exact) mass is 755 g/mol. The SMILES string of the molecule is c1ccc(-c2ccccc2-c2c(-c3ccccc3)cccc2N(c2ccc(-c3ccc4c(ccc5ccccc54)c3)cc2)c2ccc3sc4ccccc4c3c2)cc1. The molecule has 0 fully saturated rings. The number of anilines is 3. The molecule has 0 aliphatic heterocycles. The van der Waals surface area contributed by atoms with Gasteiger partial charge in [0.05, 0.1) is 5.69 Å². The number of rotatable bonds is 7. The van der Waals surface area contributed by atoms with E-state index >= 15 is 0 Å². The van der Waals surface area contributed by atoms with Crippen molar-refractivity contribution >= 4 is 70.1 Å². The lowest BCUT2D eigenvalue weighted by Crippen LogP contribution is -2.12. The van der Waals surface area contributed by atoms with Crippen molar-refractivity contribution in [2.45, 2.75) is 0 Å². The first kappa shape index (κ1) is 34.0. The van der Waals surface area contributed by atoms with E-state index in [2.05, 4.69) is 229 Å². The quantitative estimate of drug-likeness (QED) is 0.146. The first-order valence-electron chi connectivity index (χ1n) is 19.8. The van der Waals surface area contributed by atoms with Gasteiger partial charge >= 0.3 is 0 Å². The number of nitrogens with zero attached hydrogens (tertiary/aromatic N) is 1. The van der Waals surface area contributed by atoms with Crippen molar-refractivity contribution in [2.24, 2.45) is 0 Å². The number of fused-ring (bicyclic) bond motifs is 6. The van der Waals surface area contributed by atoms with Crippen molar-refractivity contribution in [3.05, 3.63) is 224 Å². The number of hydrogen-bond donors (Lipinski definition) is 0. The maximum Gasteiger partial charge on any atom is 0.0546 e. The van der Waals surface area contributed by atoms with Crippen LogP contribution < -0.4 is 4.90 Å². The molecule has 0 radical (unpaired) electrons. The van der Waals surface area contributed by atoms with E-state index in [1.807, 2.05) is 11.3 Å². The van der Waals surface area contributed by atoms with Crippen molar-refractivity contribution < 1.29 is 0 Å². The second-order valence-electron chi connectivity index (χ2n) is 14.9. The Morgan fingerprint density at radius 3 is 1.69 bits per heavy atom. The van der Waals surface area contributed by atoms with Crippen LogP contribution in [0.1, 0.15) is 0 Å². The fraction of sp³-hybridized carbons (Fsp3) is 0. The fourth-order valence-corrected chi connectivity index (χ4v) is 9.80. The van der Waals surface area contributed by atoms with Gasteiger partial charge in [-0.25, -0.2) is 0 Å². The molecule has 0 saturated heterocycles. The van der Waals surface area contributed by atoms with Crippen molar-refractivity contribution in [3.63, 3.8) is 0 Å². The summed E-state index contributed by atoms with van der Waals surface area (Å²) in [7, 11) is 0. The van der Waals surface area contributed by atoms with Gasteiger partial charge in [-0.1, -0.05) is 176 Å². The number of hydrogen-bond acceptors (Lipinski definition) is 2. The lowest BCUT2D eigenvalue weighted by molar-refractivity contribution is 1.29. The van der Waals surface area contributed by atoms with E-state index in [4.69, 9.17) is 0 Å². The van der Waals surface area contributed by atoms with Crippen LogP contribution >= 0.6 is 11.3 Å². The second kappa shape index (κ2) is 14.4. The molecule has 0 bridgehead atoms.